The van der Waals surface area contributed by atoms with Crippen LogP contribution in [0.3, 0.4) is 0 Å². The van der Waals surface area contributed by atoms with E-state index in [1.165, 1.54) is 50.1 Å². The predicted molar refractivity (Wildman–Crippen MR) is 284 cm³/mol. The Bertz CT molecular complexity index is 3360. The van der Waals surface area contributed by atoms with Crippen molar-refractivity contribution >= 4 is 17.1 Å². The van der Waals surface area contributed by atoms with E-state index in [9.17, 15) is 0 Å². The molecule has 0 atom stereocenters. The third kappa shape index (κ3) is 8.55. The molecule has 0 unspecified atom stereocenters. The van der Waals surface area contributed by atoms with E-state index < -0.39 is 0 Å². The minimum Gasteiger partial charge on any atom is -0.311 e. The highest BCUT2D eigenvalue weighted by atomic mass is 15.4. The van der Waals surface area contributed by atoms with Crippen molar-refractivity contribution in [2.24, 2.45) is 0 Å². The van der Waals surface area contributed by atoms with Crippen LogP contribution in [0.2, 0.25) is 0 Å². The molecule has 1 heterocycles. The lowest BCUT2D eigenvalue weighted by atomic mass is 9.89. The van der Waals surface area contributed by atoms with E-state index in [4.69, 9.17) is 10.1 Å². The fourth-order valence-corrected chi connectivity index (χ4v) is 9.03. The van der Waals surface area contributed by atoms with Gasteiger partial charge in [-0.2, -0.15) is 0 Å². The Morgan fingerprint density at radius 3 is 1.06 bits per heavy atom. The van der Waals surface area contributed by atoms with Gasteiger partial charge < -0.3 is 4.90 Å². The summed E-state index contributed by atoms with van der Waals surface area (Å²) in [5.41, 5.74) is 20.4. The molecule has 0 aliphatic rings. The van der Waals surface area contributed by atoms with Gasteiger partial charge in [-0.1, -0.05) is 217 Å². The first-order valence-corrected chi connectivity index (χ1v) is 23.1. The average Bonchev–Trinajstić information content (AvgIpc) is 3.86. The highest BCUT2D eigenvalue weighted by Crippen LogP contribution is 2.41. The Morgan fingerprint density at radius 1 is 0.294 bits per heavy atom. The Balaban J connectivity index is 0.923. The number of benzene rings is 10. The number of aryl methyl sites for hydroxylation is 2. The van der Waals surface area contributed by atoms with Crippen molar-refractivity contribution in [1.29, 1.82) is 0 Å². The van der Waals surface area contributed by atoms with E-state index in [0.29, 0.717) is 5.82 Å². The summed E-state index contributed by atoms with van der Waals surface area (Å²) in [6.07, 6.45) is 0. The largest absolute Gasteiger partial charge is 0.311 e. The summed E-state index contributed by atoms with van der Waals surface area (Å²) < 4.78 is 1.95. The third-order valence-electron chi connectivity index (χ3n) is 12.7. The number of anilines is 3. The van der Waals surface area contributed by atoms with Crippen molar-refractivity contribution < 1.29 is 0 Å². The van der Waals surface area contributed by atoms with Crippen LogP contribution in [-0.4, -0.2) is 14.8 Å². The molecule has 0 fully saturated rings. The third-order valence-corrected chi connectivity index (χ3v) is 12.7. The quantitative estimate of drug-likeness (QED) is 0.130. The van der Waals surface area contributed by atoms with Crippen LogP contribution >= 0.6 is 0 Å². The van der Waals surface area contributed by atoms with Gasteiger partial charge in [0.25, 0.3) is 0 Å². The van der Waals surface area contributed by atoms with Gasteiger partial charge in [-0.3, -0.25) is 0 Å². The monoisotopic (exact) mass is 872 g/mol. The summed E-state index contributed by atoms with van der Waals surface area (Å²) in [7, 11) is 0. The molecule has 10 aromatic carbocycles. The lowest BCUT2D eigenvalue weighted by molar-refractivity contribution is 0.891. The maximum atomic E-state index is 5.03. The minimum atomic E-state index is 0.691. The summed E-state index contributed by atoms with van der Waals surface area (Å²) >= 11 is 0. The van der Waals surface area contributed by atoms with E-state index >= 15 is 0 Å². The smallest absolute Gasteiger partial charge is 0.182 e. The first kappa shape index (κ1) is 41.8. The lowest BCUT2D eigenvalue weighted by Gasteiger charge is -2.26. The minimum absolute atomic E-state index is 0.691. The Morgan fingerprint density at radius 2 is 0.632 bits per heavy atom. The van der Waals surface area contributed by atoms with E-state index in [1.807, 2.05) is 41.1 Å². The van der Waals surface area contributed by atoms with Gasteiger partial charge in [-0.25, -0.2) is 9.67 Å². The second-order valence-electron chi connectivity index (χ2n) is 17.2. The zero-order valence-corrected chi connectivity index (χ0v) is 38.0. The van der Waals surface area contributed by atoms with Crippen molar-refractivity contribution in [3.05, 3.63) is 266 Å². The number of aromatic nitrogens is 3. The van der Waals surface area contributed by atoms with E-state index in [1.54, 1.807) is 0 Å². The van der Waals surface area contributed by atoms with Crippen LogP contribution in [0, 0.1) is 13.8 Å². The van der Waals surface area contributed by atoms with Gasteiger partial charge in [-0.15, -0.1) is 5.10 Å². The van der Waals surface area contributed by atoms with E-state index in [2.05, 4.69) is 237 Å². The van der Waals surface area contributed by atoms with Gasteiger partial charge in [0, 0.05) is 28.2 Å². The van der Waals surface area contributed by atoms with Crippen molar-refractivity contribution in [2.45, 2.75) is 13.8 Å². The SMILES string of the molecule is Cc1ccc(-c2ccc(N(c3ccc(-c4ccc(C)cc4)cc3)c3ccc(-c4ccccc4-c4ccccc4-c4ccc(-n5nc(-c6ccccc6)nc5-c5ccccc5)cc4)cc3)cc2)cc1. The average molecular weight is 873 g/mol. The normalized spacial score (nSPS) is 11.1. The molecule has 0 saturated heterocycles. The van der Waals surface area contributed by atoms with Gasteiger partial charge in [0.2, 0.25) is 0 Å². The van der Waals surface area contributed by atoms with Crippen molar-refractivity contribution in [3.8, 4) is 84.1 Å². The summed E-state index contributed by atoms with van der Waals surface area (Å²) in [5.74, 6) is 1.49. The fourth-order valence-electron chi connectivity index (χ4n) is 9.03. The number of hydrogen-bond acceptors (Lipinski definition) is 3. The second kappa shape index (κ2) is 18.6. The zero-order valence-electron chi connectivity index (χ0n) is 38.0. The number of rotatable bonds is 11. The Labute approximate surface area is 398 Å². The summed E-state index contributed by atoms with van der Waals surface area (Å²) in [4.78, 5) is 7.37. The van der Waals surface area contributed by atoms with Crippen LogP contribution in [0.5, 0.6) is 0 Å². The molecule has 68 heavy (non-hydrogen) atoms. The molecule has 0 radical (unpaired) electrons. The molecule has 0 aliphatic heterocycles. The fraction of sp³-hybridized carbons (Fsp3) is 0.0312. The van der Waals surface area contributed by atoms with Gasteiger partial charge >= 0.3 is 0 Å². The molecule has 11 aromatic rings. The van der Waals surface area contributed by atoms with Gasteiger partial charge in [0.15, 0.2) is 11.6 Å². The number of hydrogen-bond donors (Lipinski definition) is 0. The maximum absolute atomic E-state index is 5.03. The highest BCUT2D eigenvalue weighted by Gasteiger charge is 2.18. The standard InChI is InChI=1S/C64H48N4/c1-45-21-25-47(26-22-45)49-29-37-55(38-30-49)67(56-39-31-50(32-40-56)48-27-23-46(2)24-28-48)57-41-33-51(34-42-57)59-17-9-11-19-61(59)62-20-12-10-18-60(62)52-35-43-58(44-36-52)68-64(54-15-7-4-8-16-54)65-63(66-68)53-13-5-3-6-14-53/h3-44H,1-2H3. The lowest BCUT2D eigenvalue weighted by Crippen LogP contribution is -2.09. The molecule has 11 rings (SSSR count). The van der Waals surface area contributed by atoms with E-state index in [-0.39, 0.29) is 0 Å². The van der Waals surface area contributed by atoms with Crippen molar-refractivity contribution in [1.82, 2.24) is 14.8 Å². The van der Waals surface area contributed by atoms with Crippen LogP contribution < -0.4 is 4.90 Å². The maximum Gasteiger partial charge on any atom is 0.182 e. The molecule has 1 aromatic heterocycles. The second-order valence-corrected chi connectivity index (χ2v) is 17.2. The Kier molecular flexibility index (Phi) is 11.4. The van der Waals surface area contributed by atoms with Gasteiger partial charge in [-0.05, 0) is 118 Å². The molecule has 0 saturated carbocycles. The molecule has 4 heteroatoms. The predicted octanol–water partition coefficient (Wildman–Crippen LogP) is 17.0. The zero-order chi connectivity index (χ0) is 45.8. The van der Waals surface area contributed by atoms with Crippen molar-refractivity contribution in [2.75, 3.05) is 4.90 Å². The van der Waals surface area contributed by atoms with Crippen LogP contribution in [0.4, 0.5) is 17.1 Å². The topological polar surface area (TPSA) is 34.0 Å². The molecule has 0 spiro atoms. The van der Waals surface area contributed by atoms with Gasteiger partial charge in [0.05, 0.1) is 5.69 Å². The van der Waals surface area contributed by atoms with Crippen LogP contribution in [0.15, 0.2) is 255 Å². The first-order chi connectivity index (χ1) is 33.5. The summed E-state index contributed by atoms with van der Waals surface area (Å²) in [6.45, 7) is 4.25. The van der Waals surface area contributed by atoms with Gasteiger partial charge in [0.1, 0.15) is 0 Å². The first-order valence-electron chi connectivity index (χ1n) is 23.1. The van der Waals surface area contributed by atoms with Crippen molar-refractivity contribution in [3.63, 3.8) is 0 Å². The molecule has 324 valence electrons. The molecular weight excluding hydrogens is 825 g/mol. The van der Waals surface area contributed by atoms with Crippen LogP contribution in [0.1, 0.15) is 11.1 Å². The molecule has 0 bridgehead atoms. The Hall–Kier alpha value is -8.86. The van der Waals surface area contributed by atoms with Crippen LogP contribution in [-0.2, 0) is 0 Å². The molecule has 0 N–H and O–H groups in total. The number of nitrogens with zero attached hydrogens (tertiary/aromatic N) is 4. The van der Waals surface area contributed by atoms with E-state index in [0.717, 1.165) is 56.4 Å². The summed E-state index contributed by atoms with van der Waals surface area (Å²) in [6, 6.07) is 90.8. The molecule has 0 amide bonds. The molecular formula is C64H48N4. The summed E-state index contributed by atoms with van der Waals surface area (Å²) in [5, 5.41) is 5.03. The highest BCUT2D eigenvalue weighted by molar-refractivity contribution is 5.92. The molecule has 0 aliphatic carbocycles. The van der Waals surface area contributed by atoms with Crippen LogP contribution in [0.25, 0.3) is 84.1 Å². The molecule has 4 nitrogen and oxygen atoms in total.